The molecular formula is C11H11N5O3. The Morgan fingerprint density at radius 2 is 2.21 bits per heavy atom. The molecule has 0 fully saturated rings. The number of nitrogen functional groups attached to an aromatic ring is 1. The van der Waals surface area contributed by atoms with Crippen LogP contribution in [0.25, 0.3) is 0 Å². The first-order valence-electron chi connectivity index (χ1n) is 5.39. The van der Waals surface area contributed by atoms with E-state index in [1.165, 1.54) is 24.4 Å². The largest absolute Gasteiger partial charge is 0.384 e. The fraction of sp³-hybridized carbons (Fsp3) is 0.0909. The van der Waals surface area contributed by atoms with Crippen LogP contribution in [0, 0.1) is 10.1 Å². The molecule has 0 saturated carbocycles. The minimum atomic E-state index is -0.596. The molecule has 19 heavy (non-hydrogen) atoms. The van der Waals surface area contributed by atoms with Crippen molar-refractivity contribution in [2.45, 2.75) is 6.54 Å². The summed E-state index contributed by atoms with van der Waals surface area (Å²) in [5, 5.41) is 19.6. The maximum absolute atomic E-state index is 11.9. The first-order chi connectivity index (χ1) is 9.09. The predicted octanol–water partition coefficient (Wildman–Crippen LogP) is 0.830. The highest BCUT2D eigenvalue weighted by Crippen LogP contribution is 2.17. The molecule has 0 aliphatic carbocycles. The topological polar surface area (TPSA) is 127 Å². The summed E-state index contributed by atoms with van der Waals surface area (Å²) in [6.45, 7) is 0.146. The molecule has 1 heterocycles. The summed E-state index contributed by atoms with van der Waals surface area (Å²) in [7, 11) is 0. The van der Waals surface area contributed by atoms with Crippen molar-refractivity contribution in [1.29, 1.82) is 0 Å². The van der Waals surface area contributed by atoms with Gasteiger partial charge < -0.3 is 11.1 Å². The van der Waals surface area contributed by atoms with Gasteiger partial charge in [0.2, 0.25) is 0 Å². The van der Waals surface area contributed by atoms with Crippen molar-refractivity contribution in [2.24, 2.45) is 0 Å². The molecule has 0 saturated heterocycles. The number of amides is 1. The molecule has 0 aliphatic heterocycles. The van der Waals surface area contributed by atoms with Gasteiger partial charge in [-0.25, -0.2) is 0 Å². The van der Waals surface area contributed by atoms with E-state index in [0.717, 1.165) is 0 Å². The minimum Gasteiger partial charge on any atom is -0.384 e. The number of benzene rings is 1. The van der Waals surface area contributed by atoms with Crippen LogP contribution in [-0.2, 0) is 6.54 Å². The van der Waals surface area contributed by atoms with E-state index in [4.69, 9.17) is 5.73 Å². The van der Waals surface area contributed by atoms with Crippen LogP contribution >= 0.6 is 0 Å². The van der Waals surface area contributed by atoms with Gasteiger partial charge in [-0.2, -0.15) is 5.10 Å². The highest BCUT2D eigenvalue weighted by Gasteiger charge is 2.18. The number of carbonyl (C=O) groups excluding carboxylic acids is 1. The van der Waals surface area contributed by atoms with Crippen molar-refractivity contribution in [2.75, 3.05) is 5.73 Å². The molecule has 2 rings (SSSR count). The fourth-order valence-electron chi connectivity index (χ4n) is 1.56. The molecule has 1 aromatic heterocycles. The van der Waals surface area contributed by atoms with Crippen molar-refractivity contribution in [3.8, 4) is 0 Å². The minimum absolute atomic E-state index is 0.00886. The second-order valence-corrected chi connectivity index (χ2v) is 3.77. The van der Waals surface area contributed by atoms with Gasteiger partial charge in [-0.05, 0) is 6.07 Å². The predicted molar refractivity (Wildman–Crippen MR) is 67.3 cm³/mol. The Balaban J connectivity index is 2.13. The van der Waals surface area contributed by atoms with Crippen LogP contribution in [0.5, 0.6) is 0 Å². The number of hydrogen-bond acceptors (Lipinski definition) is 5. The maximum Gasteiger partial charge on any atom is 0.282 e. The summed E-state index contributed by atoms with van der Waals surface area (Å²) in [6, 6.07) is 5.74. The molecule has 0 atom stereocenters. The Morgan fingerprint density at radius 3 is 2.84 bits per heavy atom. The van der Waals surface area contributed by atoms with Crippen LogP contribution < -0.4 is 11.1 Å². The third kappa shape index (κ3) is 2.68. The Hall–Kier alpha value is -2.90. The second kappa shape index (κ2) is 5.17. The van der Waals surface area contributed by atoms with Crippen LogP contribution in [0.15, 0.2) is 30.5 Å². The van der Waals surface area contributed by atoms with Crippen LogP contribution in [0.1, 0.15) is 15.9 Å². The molecule has 1 amide bonds. The molecule has 0 aliphatic rings. The molecule has 98 valence electrons. The number of nitro groups is 1. The smallest absolute Gasteiger partial charge is 0.282 e. The Morgan fingerprint density at radius 1 is 1.47 bits per heavy atom. The Bertz CT molecular complexity index is 622. The van der Waals surface area contributed by atoms with E-state index in [0.29, 0.717) is 11.4 Å². The zero-order valence-corrected chi connectivity index (χ0v) is 9.79. The fourth-order valence-corrected chi connectivity index (χ4v) is 1.56. The molecule has 8 nitrogen and oxygen atoms in total. The van der Waals surface area contributed by atoms with Crippen molar-refractivity contribution >= 4 is 17.4 Å². The molecular weight excluding hydrogens is 250 g/mol. The summed E-state index contributed by atoms with van der Waals surface area (Å²) in [4.78, 5) is 22.1. The molecule has 4 N–H and O–H groups in total. The number of nitrogens with two attached hydrogens (primary N) is 1. The number of H-pyrrole nitrogens is 1. The number of aromatic nitrogens is 2. The number of aromatic amines is 1. The van der Waals surface area contributed by atoms with E-state index in [2.05, 4.69) is 15.5 Å². The Kier molecular flexibility index (Phi) is 3.42. The molecule has 0 spiro atoms. The average Bonchev–Trinajstić information content (AvgIpc) is 2.81. The number of carbonyl (C=O) groups is 1. The number of rotatable bonds is 4. The maximum atomic E-state index is 11.9. The summed E-state index contributed by atoms with van der Waals surface area (Å²) in [5.41, 5.74) is 5.96. The first kappa shape index (κ1) is 12.6. The van der Waals surface area contributed by atoms with Crippen LogP contribution in [0.3, 0.4) is 0 Å². The van der Waals surface area contributed by atoms with E-state index in [1.54, 1.807) is 6.07 Å². The third-order valence-electron chi connectivity index (χ3n) is 2.54. The van der Waals surface area contributed by atoms with Gasteiger partial charge in [0.05, 0.1) is 11.1 Å². The van der Waals surface area contributed by atoms with E-state index < -0.39 is 10.8 Å². The highest BCUT2D eigenvalue weighted by molar-refractivity contribution is 5.98. The van der Waals surface area contributed by atoms with Crippen LogP contribution in [-0.4, -0.2) is 21.0 Å². The number of hydrogen-bond donors (Lipinski definition) is 3. The molecule has 8 heteroatoms. The van der Waals surface area contributed by atoms with Gasteiger partial charge in [-0.15, -0.1) is 0 Å². The van der Waals surface area contributed by atoms with Gasteiger partial charge in [0.1, 0.15) is 11.4 Å². The van der Waals surface area contributed by atoms with E-state index in [-0.39, 0.29) is 17.8 Å². The van der Waals surface area contributed by atoms with E-state index >= 15 is 0 Å². The average molecular weight is 261 g/mol. The summed E-state index contributed by atoms with van der Waals surface area (Å²) >= 11 is 0. The highest BCUT2D eigenvalue weighted by atomic mass is 16.6. The Labute approximate surface area is 107 Å². The lowest BCUT2D eigenvalue weighted by atomic mass is 10.1. The summed E-state index contributed by atoms with van der Waals surface area (Å²) in [5.74, 6) is -0.184. The number of nitrogens with zero attached hydrogens (tertiary/aromatic N) is 2. The van der Waals surface area contributed by atoms with E-state index in [1.807, 2.05) is 0 Å². The zero-order valence-electron chi connectivity index (χ0n) is 9.79. The monoisotopic (exact) mass is 261 g/mol. The van der Waals surface area contributed by atoms with Gasteiger partial charge >= 0.3 is 0 Å². The molecule has 2 aromatic rings. The lowest BCUT2D eigenvalue weighted by molar-refractivity contribution is -0.385. The lowest BCUT2D eigenvalue weighted by Crippen LogP contribution is -2.23. The molecule has 0 radical (unpaired) electrons. The van der Waals surface area contributed by atoms with Crippen molar-refractivity contribution in [1.82, 2.24) is 15.5 Å². The van der Waals surface area contributed by atoms with E-state index in [9.17, 15) is 14.9 Å². The molecule has 0 bridgehead atoms. The summed E-state index contributed by atoms with van der Waals surface area (Å²) < 4.78 is 0. The third-order valence-corrected chi connectivity index (χ3v) is 2.54. The number of nitro benzene ring substituents is 1. The SMILES string of the molecule is Nc1[nH]ncc1CNC(=O)c1ccccc1[N+](=O)[O-]. The molecule has 1 aromatic carbocycles. The van der Waals surface area contributed by atoms with Gasteiger partial charge in [0.15, 0.2) is 0 Å². The number of para-hydroxylation sites is 1. The van der Waals surface area contributed by atoms with Gasteiger partial charge in [0.25, 0.3) is 11.6 Å². The van der Waals surface area contributed by atoms with Crippen molar-refractivity contribution in [3.05, 3.63) is 51.7 Å². The normalized spacial score (nSPS) is 10.1. The van der Waals surface area contributed by atoms with Crippen LogP contribution in [0.4, 0.5) is 11.5 Å². The number of nitrogens with one attached hydrogen (secondary N) is 2. The molecule has 0 unspecified atom stereocenters. The van der Waals surface area contributed by atoms with Crippen molar-refractivity contribution in [3.63, 3.8) is 0 Å². The first-order valence-corrected chi connectivity index (χ1v) is 5.39. The number of anilines is 1. The standard InChI is InChI=1S/C11H11N5O3/c12-10-7(6-14-15-10)5-13-11(17)8-3-1-2-4-9(8)16(18)19/h1-4,6H,5H2,(H,13,17)(H3,12,14,15). The lowest BCUT2D eigenvalue weighted by Gasteiger charge is -2.04. The van der Waals surface area contributed by atoms with Crippen LogP contribution in [0.2, 0.25) is 0 Å². The van der Waals surface area contributed by atoms with Gasteiger partial charge in [-0.3, -0.25) is 20.0 Å². The summed E-state index contributed by atoms with van der Waals surface area (Å²) in [6.07, 6.45) is 1.48. The van der Waals surface area contributed by atoms with Gasteiger partial charge in [-0.1, -0.05) is 12.1 Å². The second-order valence-electron chi connectivity index (χ2n) is 3.77. The van der Waals surface area contributed by atoms with Gasteiger partial charge in [0, 0.05) is 18.2 Å². The zero-order chi connectivity index (χ0) is 13.8. The van der Waals surface area contributed by atoms with Crippen molar-refractivity contribution < 1.29 is 9.72 Å². The quantitative estimate of drug-likeness (QED) is 0.554.